The topological polar surface area (TPSA) is 149 Å². The third kappa shape index (κ3) is 34.7. The standard InChI is InChI=1S/C38H71O10P/c1-3-5-7-9-11-13-15-16-17-18-20-21-23-25-27-29-37(41)45-33-36(34-47-49(43,44)46-32-35(40)31-39)48-38(42)30-28-26-24-22-19-14-12-10-8-6-4-2/h10,12,18,20,35-36,39-40H,3-9,11,13-17,19,21-34H2,1-2H3,(H,43,44)/b12-10+,20-18+/t35-,36+/m0/s1. The average molecular weight is 719 g/mol. The number of aliphatic hydroxyl groups excluding tert-OH is 2. The summed E-state index contributed by atoms with van der Waals surface area (Å²) < 4.78 is 32.5. The zero-order chi connectivity index (χ0) is 36.3. The van der Waals surface area contributed by atoms with Crippen LogP contribution in [0, 0.1) is 0 Å². The molecular formula is C38H71O10P. The van der Waals surface area contributed by atoms with Crippen molar-refractivity contribution in [3.63, 3.8) is 0 Å². The molecule has 0 aliphatic carbocycles. The summed E-state index contributed by atoms with van der Waals surface area (Å²) in [7, 11) is -4.61. The Bertz CT molecular complexity index is 879. The van der Waals surface area contributed by atoms with Gasteiger partial charge in [0.15, 0.2) is 6.10 Å². The number of phosphoric ester groups is 1. The van der Waals surface area contributed by atoms with Crippen molar-refractivity contribution in [3.05, 3.63) is 24.3 Å². The Balaban J connectivity index is 4.37. The first kappa shape index (κ1) is 47.4. The first-order valence-electron chi connectivity index (χ1n) is 19.3. The molecule has 1 unspecified atom stereocenters. The van der Waals surface area contributed by atoms with Crippen LogP contribution in [0.25, 0.3) is 0 Å². The summed E-state index contributed by atoms with van der Waals surface area (Å²) in [6.45, 7) is 2.30. The summed E-state index contributed by atoms with van der Waals surface area (Å²) in [6.07, 6.45) is 31.5. The van der Waals surface area contributed by atoms with Crippen molar-refractivity contribution in [2.75, 3.05) is 26.4 Å². The molecule has 0 radical (unpaired) electrons. The minimum atomic E-state index is -4.61. The van der Waals surface area contributed by atoms with Crippen molar-refractivity contribution >= 4 is 19.8 Å². The molecule has 49 heavy (non-hydrogen) atoms. The van der Waals surface area contributed by atoms with Crippen molar-refractivity contribution in [1.29, 1.82) is 0 Å². The molecule has 10 nitrogen and oxygen atoms in total. The maximum absolute atomic E-state index is 12.5. The SMILES string of the molecule is CCCC/C=C/CCCCCCCC(=O)O[C@H](COC(=O)CCCCC/C=C/CCCCCCCCCC)COP(=O)(O)OC[C@@H](O)CO. The highest BCUT2D eigenvalue weighted by atomic mass is 31.2. The summed E-state index contributed by atoms with van der Waals surface area (Å²) in [5, 5.41) is 18.3. The lowest BCUT2D eigenvalue weighted by molar-refractivity contribution is -0.161. The molecule has 288 valence electrons. The fourth-order valence-electron chi connectivity index (χ4n) is 5.03. The van der Waals surface area contributed by atoms with Crippen LogP contribution in [-0.4, -0.2) is 65.7 Å². The van der Waals surface area contributed by atoms with E-state index in [2.05, 4.69) is 42.7 Å². The number of phosphoric acid groups is 1. The number of hydrogen-bond donors (Lipinski definition) is 3. The zero-order valence-electron chi connectivity index (χ0n) is 30.9. The van der Waals surface area contributed by atoms with Crippen LogP contribution in [0.15, 0.2) is 24.3 Å². The van der Waals surface area contributed by atoms with Crippen LogP contribution in [-0.2, 0) is 32.7 Å². The summed E-state index contributed by atoms with van der Waals surface area (Å²) in [5.74, 6) is -0.954. The lowest BCUT2D eigenvalue weighted by Gasteiger charge is -2.20. The van der Waals surface area contributed by atoms with E-state index in [9.17, 15) is 24.2 Å². The van der Waals surface area contributed by atoms with Crippen molar-refractivity contribution in [3.8, 4) is 0 Å². The molecule has 0 amide bonds. The van der Waals surface area contributed by atoms with Gasteiger partial charge in [-0.2, -0.15) is 0 Å². The summed E-state index contributed by atoms with van der Waals surface area (Å²) in [6, 6.07) is 0. The van der Waals surface area contributed by atoms with Crippen LogP contribution in [0.1, 0.15) is 168 Å². The van der Waals surface area contributed by atoms with E-state index in [4.69, 9.17) is 19.1 Å². The lowest BCUT2D eigenvalue weighted by Crippen LogP contribution is -2.29. The number of rotatable bonds is 36. The summed E-state index contributed by atoms with van der Waals surface area (Å²) in [5.41, 5.74) is 0. The smallest absolute Gasteiger partial charge is 0.462 e. The minimum Gasteiger partial charge on any atom is -0.462 e. The number of esters is 2. The molecule has 0 aromatic heterocycles. The van der Waals surface area contributed by atoms with Crippen LogP contribution in [0.4, 0.5) is 0 Å². The molecule has 3 atom stereocenters. The first-order chi connectivity index (χ1) is 23.7. The molecule has 0 spiro atoms. The van der Waals surface area contributed by atoms with Crippen LogP contribution in [0.5, 0.6) is 0 Å². The van der Waals surface area contributed by atoms with Gasteiger partial charge in [0.2, 0.25) is 0 Å². The van der Waals surface area contributed by atoms with E-state index in [0.717, 1.165) is 64.2 Å². The van der Waals surface area contributed by atoms with Gasteiger partial charge in [-0.05, 0) is 57.8 Å². The van der Waals surface area contributed by atoms with E-state index in [1.54, 1.807) is 0 Å². The predicted octanol–water partition coefficient (Wildman–Crippen LogP) is 9.44. The summed E-state index contributed by atoms with van der Waals surface area (Å²) in [4.78, 5) is 34.8. The highest BCUT2D eigenvalue weighted by Crippen LogP contribution is 2.43. The molecule has 0 fully saturated rings. The molecular weight excluding hydrogens is 647 g/mol. The maximum atomic E-state index is 12.5. The van der Waals surface area contributed by atoms with Crippen LogP contribution in [0.3, 0.4) is 0 Å². The first-order valence-corrected chi connectivity index (χ1v) is 20.8. The van der Waals surface area contributed by atoms with E-state index < -0.39 is 51.8 Å². The molecule has 0 aliphatic heterocycles. The van der Waals surface area contributed by atoms with Gasteiger partial charge >= 0.3 is 19.8 Å². The van der Waals surface area contributed by atoms with Crippen molar-refractivity contribution in [1.82, 2.24) is 0 Å². The Morgan fingerprint density at radius 3 is 1.55 bits per heavy atom. The monoisotopic (exact) mass is 718 g/mol. The molecule has 3 N–H and O–H groups in total. The Labute approximate surface area is 298 Å². The molecule has 0 saturated heterocycles. The molecule has 0 bridgehead atoms. The molecule has 0 aromatic rings. The van der Waals surface area contributed by atoms with Gasteiger partial charge in [0.1, 0.15) is 12.7 Å². The highest BCUT2D eigenvalue weighted by Gasteiger charge is 2.27. The Morgan fingerprint density at radius 2 is 1.02 bits per heavy atom. The van der Waals surface area contributed by atoms with E-state index in [1.165, 1.54) is 64.2 Å². The van der Waals surface area contributed by atoms with Crippen molar-refractivity contribution in [2.24, 2.45) is 0 Å². The van der Waals surface area contributed by atoms with Crippen LogP contribution < -0.4 is 0 Å². The van der Waals surface area contributed by atoms with Gasteiger partial charge in [-0.3, -0.25) is 18.6 Å². The van der Waals surface area contributed by atoms with E-state index in [1.807, 2.05) is 0 Å². The minimum absolute atomic E-state index is 0.172. The molecule has 0 rings (SSSR count). The van der Waals surface area contributed by atoms with Gasteiger partial charge in [0, 0.05) is 12.8 Å². The van der Waals surface area contributed by atoms with E-state index >= 15 is 0 Å². The fraction of sp³-hybridized carbons (Fsp3) is 0.842. The second-order valence-corrected chi connectivity index (χ2v) is 14.4. The van der Waals surface area contributed by atoms with E-state index in [-0.39, 0.29) is 19.4 Å². The van der Waals surface area contributed by atoms with Crippen LogP contribution >= 0.6 is 7.82 Å². The Hall–Kier alpha value is -1.55. The lowest BCUT2D eigenvalue weighted by atomic mass is 10.1. The molecule has 0 saturated carbocycles. The molecule has 0 aliphatic rings. The third-order valence-electron chi connectivity index (χ3n) is 8.08. The fourth-order valence-corrected chi connectivity index (χ4v) is 5.82. The van der Waals surface area contributed by atoms with E-state index in [0.29, 0.717) is 12.8 Å². The number of carbonyl (C=O) groups excluding carboxylic acids is 2. The number of hydrogen-bond acceptors (Lipinski definition) is 9. The quantitative estimate of drug-likeness (QED) is 0.0248. The second-order valence-electron chi connectivity index (χ2n) is 12.9. The number of ether oxygens (including phenoxy) is 2. The van der Waals surface area contributed by atoms with Gasteiger partial charge in [-0.15, -0.1) is 0 Å². The molecule has 0 heterocycles. The highest BCUT2D eigenvalue weighted by molar-refractivity contribution is 7.47. The van der Waals surface area contributed by atoms with Crippen LogP contribution in [0.2, 0.25) is 0 Å². The number of carbonyl (C=O) groups is 2. The van der Waals surface area contributed by atoms with Gasteiger partial charge in [-0.1, -0.05) is 122 Å². The summed E-state index contributed by atoms with van der Waals surface area (Å²) >= 11 is 0. The van der Waals surface area contributed by atoms with Gasteiger partial charge in [0.25, 0.3) is 0 Å². The van der Waals surface area contributed by atoms with Gasteiger partial charge in [-0.25, -0.2) is 4.57 Å². The number of allylic oxidation sites excluding steroid dienone is 4. The van der Waals surface area contributed by atoms with Crippen molar-refractivity contribution < 1.29 is 47.8 Å². The zero-order valence-corrected chi connectivity index (χ0v) is 31.8. The largest absolute Gasteiger partial charge is 0.472 e. The number of aliphatic hydroxyl groups is 2. The molecule has 0 aromatic carbocycles. The number of unbranched alkanes of at least 4 members (excludes halogenated alkanes) is 18. The van der Waals surface area contributed by atoms with Gasteiger partial charge in [0.05, 0.1) is 19.8 Å². The average Bonchev–Trinajstić information content (AvgIpc) is 3.09. The molecule has 11 heteroatoms. The maximum Gasteiger partial charge on any atom is 0.472 e. The Morgan fingerprint density at radius 1 is 0.592 bits per heavy atom. The second kappa shape index (κ2) is 34.9. The normalized spacial score (nSPS) is 14.3. The van der Waals surface area contributed by atoms with Crippen molar-refractivity contribution in [2.45, 2.75) is 180 Å². The Kier molecular flexibility index (Phi) is 33.8. The third-order valence-corrected chi connectivity index (χ3v) is 9.03. The predicted molar refractivity (Wildman–Crippen MR) is 196 cm³/mol. The van der Waals surface area contributed by atoms with Gasteiger partial charge < -0.3 is 24.6 Å².